The van der Waals surface area contributed by atoms with Crippen LogP contribution in [-0.2, 0) is 9.53 Å². The fourth-order valence-corrected chi connectivity index (χ4v) is 1.52. The van der Waals surface area contributed by atoms with Gasteiger partial charge < -0.3 is 9.84 Å². The molecule has 0 radical (unpaired) electrons. The first-order valence-corrected chi connectivity index (χ1v) is 4.19. The molecule has 0 heterocycles. The number of ether oxygens (including phenoxy) is 1. The van der Waals surface area contributed by atoms with Crippen molar-refractivity contribution in [2.75, 3.05) is 6.61 Å². The number of hydrogen-bond donors (Lipinski definition) is 1. The van der Waals surface area contributed by atoms with Crippen LogP contribution in [0.15, 0.2) is 12.7 Å². The Morgan fingerprint density at radius 1 is 1.67 bits per heavy atom. The molecule has 1 fully saturated rings. The van der Waals surface area contributed by atoms with Gasteiger partial charge in [0.25, 0.3) is 0 Å². The van der Waals surface area contributed by atoms with E-state index in [1.165, 1.54) is 0 Å². The Morgan fingerprint density at radius 3 is 2.92 bits per heavy atom. The van der Waals surface area contributed by atoms with Crippen LogP contribution in [0.1, 0.15) is 19.3 Å². The van der Waals surface area contributed by atoms with Crippen LogP contribution in [0.3, 0.4) is 0 Å². The quantitative estimate of drug-likeness (QED) is 0.649. The lowest BCUT2D eigenvalue weighted by Gasteiger charge is -2.08. The van der Waals surface area contributed by atoms with Crippen LogP contribution < -0.4 is 0 Å². The molecular weight excluding hydrogens is 156 g/mol. The third-order valence-electron chi connectivity index (χ3n) is 2.18. The van der Waals surface area contributed by atoms with Gasteiger partial charge in [0.1, 0.15) is 0 Å². The van der Waals surface area contributed by atoms with E-state index < -0.39 is 5.97 Å². The van der Waals surface area contributed by atoms with Crippen LogP contribution >= 0.6 is 0 Å². The van der Waals surface area contributed by atoms with E-state index in [1.54, 1.807) is 6.08 Å². The molecule has 0 bridgehead atoms. The summed E-state index contributed by atoms with van der Waals surface area (Å²) in [4.78, 5) is 10.5. The van der Waals surface area contributed by atoms with Crippen molar-refractivity contribution in [2.45, 2.75) is 25.4 Å². The van der Waals surface area contributed by atoms with E-state index in [4.69, 9.17) is 9.84 Å². The van der Waals surface area contributed by atoms with Gasteiger partial charge in [-0.05, 0) is 19.3 Å². The van der Waals surface area contributed by atoms with Gasteiger partial charge in [0.15, 0.2) is 0 Å². The summed E-state index contributed by atoms with van der Waals surface area (Å²) in [7, 11) is 0. The maximum absolute atomic E-state index is 10.5. The van der Waals surface area contributed by atoms with E-state index in [2.05, 4.69) is 6.58 Å². The molecule has 1 aliphatic carbocycles. The fourth-order valence-electron chi connectivity index (χ4n) is 1.52. The van der Waals surface area contributed by atoms with Crippen molar-refractivity contribution in [3.63, 3.8) is 0 Å². The Kier molecular flexibility index (Phi) is 3.29. The van der Waals surface area contributed by atoms with Gasteiger partial charge in [-0.25, -0.2) is 0 Å². The molecule has 2 atom stereocenters. The summed E-state index contributed by atoms with van der Waals surface area (Å²) < 4.78 is 5.35. The number of hydrogen-bond acceptors (Lipinski definition) is 2. The Morgan fingerprint density at radius 2 is 2.42 bits per heavy atom. The first-order chi connectivity index (χ1) is 5.74. The van der Waals surface area contributed by atoms with Crippen molar-refractivity contribution < 1.29 is 14.6 Å². The SMILES string of the molecule is C=CCOC1CCC(C(=O)O)C1. The molecule has 68 valence electrons. The highest BCUT2D eigenvalue weighted by Gasteiger charge is 2.29. The number of aliphatic carboxylic acids is 1. The second-order valence-corrected chi connectivity index (χ2v) is 3.09. The third-order valence-corrected chi connectivity index (χ3v) is 2.18. The molecule has 1 aliphatic rings. The minimum absolute atomic E-state index is 0.129. The van der Waals surface area contributed by atoms with Gasteiger partial charge >= 0.3 is 5.97 Å². The Bertz CT molecular complexity index is 177. The zero-order valence-corrected chi connectivity index (χ0v) is 7.03. The molecule has 1 saturated carbocycles. The van der Waals surface area contributed by atoms with Crippen LogP contribution in [0.2, 0.25) is 0 Å². The lowest BCUT2D eigenvalue weighted by Crippen LogP contribution is -2.13. The lowest BCUT2D eigenvalue weighted by atomic mass is 10.1. The summed E-state index contributed by atoms with van der Waals surface area (Å²) in [5.41, 5.74) is 0. The zero-order valence-electron chi connectivity index (χ0n) is 7.03. The molecule has 0 aromatic heterocycles. The van der Waals surface area contributed by atoms with Crippen LogP contribution in [0, 0.1) is 5.92 Å². The van der Waals surface area contributed by atoms with E-state index in [1.807, 2.05) is 0 Å². The van der Waals surface area contributed by atoms with Gasteiger partial charge in [0.05, 0.1) is 18.6 Å². The predicted molar refractivity (Wildman–Crippen MR) is 44.9 cm³/mol. The molecule has 12 heavy (non-hydrogen) atoms. The topological polar surface area (TPSA) is 46.5 Å². The standard InChI is InChI=1S/C9H14O3/c1-2-5-12-8-4-3-7(6-8)9(10)11/h2,7-8H,1,3-6H2,(H,10,11). The maximum atomic E-state index is 10.5. The average molecular weight is 170 g/mol. The van der Waals surface area contributed by atoms with Crippen molar-refractivity contribution in [2.24, 2.45) is 5.92 Å². The summed E-state index contributed by atoms with van der Waals surface area (Å²) in [6.07, 6.45) is 4.09. The maximum Gasteiger partial charge on any atom is 0.306 e. The van der Waals surface area contributed by atoms with Gasteiger partial charge in [-0.3, -0.25) is 4.79 Å². The van der Waals surface area contributed by atoms with E-state index >= 15 is 0 Å². The molecule has 1 rings (SSSR count). The highest BCUT2D eigenvalue weighted by atomic mass is 16.5. The van der Waals surface area contributed by atoms with Crippen LogP contribution in [-0.4, -0.2) is 23.8 Å². The zero-order chi connectivity index (χ0) is 8.97. The minimum Gasteiger partial charge on any atom is -0.481 e. The summed E-state index contributed by atoms with van der Waals surface area (Å²) in [5, 5.41) is 8.68. The molecule has 2 unspecified atom stereocenters. The van der Waals surface area contributed by atoms with Crippen molar-refractivity contribution in [1.82, 2.24) is 0 Å². The van der Waals surface area contributed by atoms with E-state index in [9.17, 15) is 4.79 Å². The van der Waals surface area contributed by atoms with E-state index in [0.717, 1.165) is 12.8 Å². The molecule has 0 spiro atoms. The van der Waals surface area contributed by atoms with Crippen LogP contribution in [0.25, 0.3) is 0 Å². The smallest absolute Gasteiger partial charge is 0.306 e. The molecule has 3 nitrogen and oxygen atoms in total. The average Bonchev–Trinajstić information content (AvgIpc) is 2.48. The van der Waals surface area contributed by atoms with Crippen LogP contribution in [0.4, 0.5) is 0 Å². The third kappa shape index (κ3) is 2.34. The molecule has 3 heteroatoms. The number of carboxylic acid groups (broad SMARTS) is 1. The van der Waals surface area contributed by atoms with Crippen LogP contribution in [0.5, 0.6) is 0 Å². The highest BCUT2D eigenvalue weighted by molar-refractivity contribution is 5.70. The number of carboxylic acids is 1. The molecule has 1 N–H and O–H groups in total. The molecule has 0 aromatic rings. The largest absolute Gasteiger partial charge is 0.481 e. The summed E-state index contributed by atoms with van der Waals surface area (Å²) in [6.45, 7) is 4.06. The monoisotopic (exact) mass is 170 g/mol. The molecule has 0 saturated heterocycles. The summed E-state index contributed by atoms with van der Waals surface area (Å²) in [5.74, 6) is -0.889. The first kappa shape index (κ1) is 9.26. The normalized spacial score (nSPS) is 28.7. The molecular formula is C9H14O3. The number of carbonyl (C=O) groups is 1. The van der Waals surface area contributed by atoms with Gasteiger partial charge in [0, 0.05) is 0 Å². The minimum atomic E-state index is -0.695. The lowest BCUT2D eigenvalue weighted by molar-refractivity contribution is -0.141. The molecule has 0 aromatic carbocycles. The Hall–Kier alpha value is -0.830. The van der Waals surface area contributed by atoms with E-state index in [0.29, 0.717) is 13.0 Å². The van der Waals surface area contributed by atoms with Crippen molar-refractivity contribution >= 4 is 5.97 Å². The predicted octanol–water partition coefficient (Wildman–Crippen LogP) is 1.44. The van der Waals surface area contributed by atoms with Crippen molar-refractivity contribution in [3.05, 3.63) is 12.7 Å². The van der Waals surface area contributed by atoms with Gasteiger partial charge in [0.2, 0.25) is 0 Å². The second kappa shape index (κ2) is 4.26. The summed E-state index contributed by atoms with van der Waals surface area (Å²) in [6, 6.07) is 0. The van der Waals surface area contributed by atoms with Crippen molar-refractivity contribution in [1.29, 1.82) is 0 Å². The summed E-state index contributed by atoms with van der Waals surface area (Å²) >= 11 is 0. The Balaban J connectivity index is 2.25. The fraction of sp³-hybridized carbons (Fsp3) is 0.667. The van der Waals surface area contributed by atoms with Gasteiger partial charge in [-0.1, -0.05) is 6.08 Å². The van der Waals surface area contributed by atoms with E-state index in [-0.39, 0.29) is 12.0 Å². The number of rotatable bonds is 4. The molecule has 0 amide bonds. The highest BCUT2D eigenvalue weighted by Crippen LogP contribution is 2.27. The van der Waals surface area contributed by atoms with Gasteiger partial charge in [-0.15, -0.1) is 6.58 Å². The first-order valence-electron chi connectivity index (χ1n) is 4.19. The van der Waals surface area contributed by atoms with Crippen molar-refractivity contribution in [3.8, 4) is 0 Å². The second-order valence-electron chi connectivity index (χ2n) is 3.09. The van der Waals surface area contributed by atoms with Gasteiger partial charge in [-0.2, -0.15) is 0 Å². The molecule has 0 aliphatic heterocycles. The Labute approximate surface area is 72.0 Å².